The fourth-order valence-electron chi connectivity index (χ4n) is 4.79. The van der Waals surface area contributed by atoms with Crippen molar-refractivity contribution in [1.29, 1.82) is 0 Å². The number of amides is 3. The molecule has 2 aliphatic rings. The number of carbonyl (C=O) groups excluding carboxylic acids is 3. The van der Waals surface area contributed by atoms with Crippen molar-refractivity contribution in [3.05, 3.63) is 65.1 Å². The molecular weight excluding hydrogens is 474 g/mol. The fourth-order valence-corrected chi connectivity index (χ4v) is 5.85. The first-order valence-corrected chi connectivity index (χ1v) is 13.0. The molecule has 0 aliphatic carbocycles. The lowest BCUT2D eigenvalue weighted by Gasteiger charge is -2.25. The second-order valence-corrected chi connectivity index (χ2v) is 10.3. The van der Waals surface area contributed by atoms with Gasteiger partial charge in [-0.25, -0.2) is 0 Å². The van der Waals surface area contributed by atoms with E-state index in [9.17, 15) is 14.4 Å². The summed E-state index contributed by atoms with van der Waals surface area (Å²) < 4.78 is 0.939. The van der Waals surface area contributed by atoms with Crippen LogP contribution in [-0.4, -0.2) is 43.4 Å². The zero-order valence-corrected chi connectivity index (χ0v) is 20.9. The van der Waals surface area contributed by atoms with Gasteiger partial charge < -0.3 is 26.6 Å². The van der Waals surface area contributed by atoms with Gasteiger partial charge in [0.05, 0.1) is 5.69 Å². The summed E-state index contributed by atoms with van der Waals surface area (Å²) >= 11 is 1.41. The third-order valence-corrected chi connectivity index (χ3v) is 7.82. The summed E-state index contributed by atoms with van der Waals surface area (Å²) in [6.45, 7) is 7.98. The zero-order chi connectivity index (χ0) is 25.2. The van der Waals surface area contributed by atoms with Crippen molar-refractivity contribution in [2.45, 2.75) is 31.7 Å². The molecule has 0 spiro atoms. The molecule has 1 atom stereocenters. The van der Waals surface area contributed by atoms with Crippen molar-refractivity contribution in [2.75, 3.05) is 35.6 Å². The van der Waals surface area contributed by atoms with Crippen molar-refractivity contribution in [1.82, 2.24) is 10.6 Å². The molecule has 8 nitrogen and oxygen atoms in total. The van der Waals surface area contributed by atoms with Gasteiger partial charge in [0.15, 0.2) is 0 Å². The molecule has 186 valence electrons. The Bertz CT molecular complexity index is 1360. The van der Waals surface area contributed by atoms with E-state index in [0.717, 1.165) is 47.3 Å². The first-order chi connectivity index (χ1) is 17.4. The van der Waals surface area contributed by atoms with Crippen molar-refractivity contribution in [2.24, 2.45) is 0 Å². The van der Waals surface area contributed by atoms with Gasteiger partial charge >= 0.3 is 0 Å². The summed E-state index contributed by atoms with van der Waals surface area (Å²) in [4.78, 5) is 38.5. The maximum atomic E-state index is 13.2. The minimum Gasteiger partial charge on any atom is -0.381 e. The predicted octanol–water partition coefficient (Wildman–Crippen LogP) is 4.29. The molecule has 1 aromatic heterocycles. The van der Waals surface area contributed by atoms with Crippen LogP contribution in [0.4, 0.5) is 17.1 Å². The largest absolute Gasteiger partial charge is 0.381 e. The van der Waals surface area contributed by atoms with Gasteiger partial charge in [-0.3, -0.25) is 14.4 Å². The van der Waals surface area contributed by atoms with E-state index in [1.165, 1.54) is 17.4 Å². The molecule has 0 saturated carbocycles. The van der Waals surface area contributed by atoms with Gasteiger partial charge in [0.25, 0.3) is 11.8 Å². The standard InChI is InChI=1S/C27H29N5O3S/c1-3-23(33)32-21-13-18(5-6-19(21)16-8-10-28-11-9-16)31-26(34)17-4-7-22-20(12-17)24-25(36-22)27(35)30-15(2)14-29-24/h3-7,12-13,15-16,28-29H,1,8-11,14H2,2H3,(H,30,35)(H,31,34)(H,32,33). The highest BCUT2D eigenvalue weighted by atomic mass is 32.1. The highest BCUT2D eigenvalue weighted by Gasteiger charge is 2.24. The van der Waals surface area contributed by atoms with Crippen LogP contribution in [0.1, 0.15) is 51.3 Å². The van der Waals surface area contributed by atoms with Crippen molar-refractivity contribution in [3.8, 4) is 0 Å². The Hall–Kier alpha value is -3.69. The van der Waals surface area contributed by atoms with E-state index in [2.05, 4.69) is 33.2 Å². The summed E-state index contributed by atoms with van der Waals surface area (Å²) in [7, 11) is 0. The molecule has 2 aromatic carbocycles. The van der Waals surface area contributed by atoms with Crippen LogP contribution in [0.25, 0.3) is 10.1 Å². The Kier molecular flexibility index (Phi) is 6.75. The van der Waals surface area contributed by atoms with E-state index in [-0.39, 0.29) is 23.8 Å². The lowest BCUT2D eigenvalue weighted by atomic mass is 9.89. The van der Waals surface area contributed by atoms with E-state index in [1.54, 1.807) is 12.1 Å². The summed E-state index contributed by atoms with van der Waals surface area (Å²) in [6.07, 6.45) is 3.21. The number of hydrogen-bond acceptors (Lipinski definition) is 6. The molecule has 1 fully saturated rings. The van der Waals surface area contributed by atoms with Gasteiger partial charge in [-0.1, -0.05) is 12.6 Å². The number of fused-ring (bicyclic) bond motifs is 3. The summed E-state index contributed by atoms with van der Waals surface area (Å²) in [6, 6.07) is 11.1. The van der Waals surface area contributed by atoms with E-state index < -0.39 is 0 Å². The second-order valence-electron chi connectivity index (χ2n) is 9.25. The number of thiophene rings is 1. The molecule has 5 rings (SSSR count). The first-order valence-electron chi connectivity index (χ1n) is 12.1. The smallest absolute Gasteiger partial charge is 0.263 e. The van der Waals surface area contributed by atoms with Crippen molar-refractivity contribution >= 4 is 56.2 Å². The van der Waals surface area contributed by atoms with Crippen LogP contribution in [0.15, 0.2) is 49.1 Å². The molecule has 3 heterocycles. The Morgan fingerprint density at radius 1 is 1.11 bits per heavy atom. The van der Waals surface area contributed by atoms with E-state index >= 15 is 0 Å². The Labute approximate surface area is 213 Å². The third kappa shape index (κ3) is 4.84. The van der Waals surface area contributed by atoms with Crippen LogP contribution in [0.5, 0.6) is 0 Å². The van der Waals surface area contributed by atoms with Crippen molar-refractivity contribution < 1.29 is 14.4 Å². The maximum Gasteiger partial charge on any atom is 0.263 e. The van der Waals surface area contributed by atoms with Crippen LogP contribution in [0.2, 0.25) is 0 Å². The Balaban J connectivity index is 1.42. The molecule has 1 unspecified atom stereocenters. The van der Waals surface area contributed by atoms with Gasteiger partial charge in [-0.2, -0.15) is 0 Å². The van der Waals surface area contributed by atoms with E-state index in [0.29, 0.717) is 34.3 Å². The van der Waals surface area contributed by atoms with Crippen LogP contribution >= 0.6 is 11.3 Å². The lowest BCUT2D eigenvalue weighted by molar-refractivity contribution is -0.111. The topological polar surface area (TPSA) is 111 Å². The Morgan fingerprint density at radius 3 is 2.69 bits per heavy atom. The molecule has 0 radical (unpaired) electrons. The highest BCUT2D eigenvalue weighted by molar-refractivity contribution is 7.21. The average molecular weight is 504 g/mol. The quantitative estimate of drug-likeness (QED) is 0.334. The van der Waals surface area contributed by atoms with Gasteiger partial charge in [0.1, 0.15) is 4.88 Å². The van der Waals surface area contributed by atoms with Crippen molar-refractivity contribution in [3.63, 3.8) is 0 Å². The zero-order valence-electron chi connectivity index (χ0n) is 20.1. The molecule has 0 bridgehead atoms. The summed E-state index contributed by atoms with van der Waals surface area (Å²) in [5.74, 6) is -0.320. The van der Waals surface area contributed by atoms with Crippen LogP contribution in [-0.2, 0) is 4.79 Å². The monoisotopic (exact) mass is 503 g/mol. The van der Waals surface area contributed by atoms with Gasteiger partial charge in [0, 0.05) is 39.6 Å². The molecule has 5 N–H and O–H groups in total. The maximum absolute atomic E-state index is 13.2. The van der Waals surface area contributed by atoms with Crippen LogP contribution in [0, 0.1) is 0 Å². The molecule has 9 heteroatoms. The molecule has 36 heavy (non-hydrogen) atoms. The normalized spacial score (nSPS) is 17.9. The minimum atomic E-state index is -0.289. The number of rotatable bonds is 5. The first kappa shape index (κ1) is 24.0. The number of hydrogen-bond donors (Lipinski definition) is 5. The van der Waals surface area contributed by atoms with Gasteiger partial charge in [-0.05, 0) is 80.7 Å². The third-order valence-electron chi connectivity index (χ3n) is 6.65. The minimum absolute atomic E-state index is 0.0160. The van der Waals surface area contributed by atoms with Crippen LogP contribution < -0.4 is 26.6 Å². The van der Waals surface area contributed by atoms with Crippen LogP contribution in [0.3, 0.4) is 0 Å². The molecule has 2 aliphatic heterocycles. The molecule has 3 aromatic rings. The highest BCUT2D eigenvalue weighted by Crippen LogP contribution is 2.38. The SMILES string of the molecule is C=CC(=O)Nc1cc(NC(=O)c2ccc3sc4c(c3c2)NCC(C)NC4=O)ccc1C1CCNCC1. The molecular formula is C27H29N5O3S. The number of carbonyl (C=O) groups is 3. The summed E-state index contributed by atoms with van der Waals surface area (Å²) in [5, 5.41) is 16.4. The average Bonchev–Trinajstić information content (AvgIpc) is 3.19. The van der Waals surface area contributed by atoms with E-state index in [1.807, 2.05) is 31.2 Å². The van der Waals surface area contributed by atoms with Gasteiger partial charge in [-0.15, -0.1) is 11.3 Å². The fraction of sp³-hybridized carbons (Fsp3) is 0.296. The second kappa shape index (κ2) is 10.1. The molecule has 1 saturated heterocycles. The lowest BCUT2D eigenvalue weighted by Crippen LogP contribution is -2.34. The van der Waals surface area contributed by atoms with Gasteiger partial charge in [0.2, 0.25) is 5.91 Å². The summed E-state index contributed by atoms with van der Waals surface area (Å²) in [5.41, 5.74) is 3.60. The van der Waals surface area contributed by atoms with E-state index in [4.69, 9.17) is 0 Å². The molecule has 3 amide bonds. The predicted molar refractivity (Wildman–Crippen MR) is 145 cm³/mol. The number of anilines is 3. The Morgan fingerprint density at radius 2 is 1.92 bits per heavy atom. The number of nitrogens with one attached hydrogen (secondary N) is 5. The number of piperidine rings is 1. The number of benzene rings is 2.